The van der Waals surface area contributed by atoms with E-state index in [1.54, 1.807) is 0 Å². The molecule has 0 amide bonds. The third-order valence-electron chi connectivity index (χ3n) is 10.9. The van der Waals surface area contributed by atoms with Crippen LogP contribution in [0.25, 0.3) is 0 Å². The molecule has 2 unspecified atom stereocenters. The first-order chi connectivity index (χ1) is 14.2. The third-order valence-corrected chi connectivity index (χ3v) is 10.9. The van der Waals surface area contributed by atoms with Crippen molar-refractivity contribution in [2.45, 2.75) is 118 Å². The molecule has 0 bridgehead atoms. The summed E-state index contributed by atoms with van der Waals surface area (Å²) in [4.78, 5) is 0. The summed E-state index contributed by atoms with van der Waals surface area (Å²) >= 11 is 0. The fourth-order valence-electron chi connectivity index (χ4n) is 8.88. The Hall–Kier alpha value is -0.560. The molecule has 0 saturated heterocycles. The number of hydrogen-bond acceptors (Lipinski definition) is 1. The minimum Gasteiger partial charge on any atom is -0.393 e. The molecule has 4 aliphatic rings. The van der Waals surface area contributed by atoms with Crippen LogP contribution in [0.3, 0.4) is 0 Å². The molecule has 0 aromatic rings. The van der Waals surface area contributed by atoms with Gasteiger partial charge in [-0.1, -0.05) is 51.0 Å². The van der Waals surface area contributed by atoms with Crippen LogP contribution in [-0.4, -0.2) is 11.2 Å². The smallest absolute Gasteiger partial charge is 0.0543 e. The van der Waals surface area contributed by atoms with Crippen molar-refractivity contribution in [2.24, 2.45) is 40.4 Å². The van der Waals surface area contributed by atoms with Crippen LogP contribution in [0.5, 0.6) is 0 Å². The second kappa shape index (κ2) is 8.42. The Bertz CT molecular complexity index is 688. The number of aliphatic hydroxyl groups excluding tert-OH is 1. The molecule has 4 rings (SSSR count). The lowest BCUT2D eigenvalue weighted by molar-refractivity contribution is 0.0131. The van der Waals surface area contributed by atoms with Crippen LogP contribution >= 0.6 is 0 Å². The molecular weight excluding hydrogens is 364 g/mol. The van der Waals surface area contributed by atoms with E-state index in [9.17, 15) is 5.11 Å². The first-order valence-corrected chi connectivity index (χ1v) is 13.3. The highest BCUT2D eigenvalue weighted by Crippen LogP contribution is 2.66. The molecule has 0 heterocycles. The van der Waals surface area contributed by atoms with E-state index in [0.29, 0.717) is 10.8 Å². The average Bonchev–Trinajstić information content (AvgIpc) is 3.06. The molecule has 0 aliphatic heterocycles. The molecule has 0 radical (unpaired) electrons. The van der Waals surface area contributed by atoms with E-state index in [4.69, 9.17) is 0 Å². The van der Waals surface area contributed by atoms with Gasteiger partial charge in [0.05, 0.1) is 6.10 Å². The highest BCUT2D eigenvalue weighted by atomic mass is 16.3. The van der Waals surface area contributed by atoms with Crippen molar-refractivity contribution in [3.05, 3.63) is 23.3 Å². The highest BCUT2D eigenvalue weighted by molar-refractivity contribution is 5.34. The Morgan fingerprint density at radius 3 is 2.57 bits per heavy atom. The molecule has 2 saturated carbocycles. The van der Waals surface area contributed by atoms with E-state index in [1.807, 2.05) is 11.1 Å². The first-order valence-electron chi connectivity index (χ1n) is 13.3. The summed E-state index contributed by atoms with van der Waals surface area (Å²) in [6.45, 7) is 16.6. The maximum Gasteiger partial charge on any atom is 0.0543 e. The minimum atomic E-state index is -0.0399. The zero-order valence-electron chi connectivity index (χ0n) is 20.6. The molecule has 1 heteroatoms. The predicted octanol–water partition coefficient (Wildman–Crippen LogP) is 8.09. The zero-order valence-corrected chi connectivity index (χ0v) is 20.6. The monoisotopic (exact) mass is 412 g/mol. The molecule has 30 heavy (non-hydrogen) atoms. The zero-order chi connectivity index (χ0) is 21.7. The van der Waals surface area contributed by atoms with Crippen molar-refractivity contribution >= 4 is 0 Å². The maximum absolute atomic E-state index is 10.3. The fraction of sp³-hybridized carbons (Fsp3) is 0.862. The summed E-state index contributed by atoms with van der Waals surface area (Å²) in [6, 6.07) is 0. The first kappa shape index (κ1) is 22.6. The Morgan fingerprint density at radius 2 is 1.87 bits per heavy atom. The van der Waals surface area contributed by atoms with Crippen LogP contribution in [0.2, 0.25) is 0 Å². The Kier molecular flexibility index (Phi) is 6.35. The molecule has 1 N–H and O–H groups in total. The fourth-order valence-corrected chi connectivity index (χ4v) is 8.88. The quantitative estimate of drug-likeness (QED) is 0.437. The molecule has 4 aliphatic carbocycles. The van der Waals surface area contributed by atoms with Gasteiger partial charge >= 0.3 is 0 Å². The normalized spacial score (nSPS) is 42.9. The molecule has 1 nitrogen and oxygen atoms in total. The summed E-state index contributed by atoms with van der Waals surface area (Å²) in [5.41, 5.74) is 6.08. The van der Waals surface area contributed by atoms with E-state index in [-0.39, 0.29) is 6.10 Å². The van der Waals surface area contributed by atoms with Crippen molar-refractivity contribution in [2.75, 3.05) is 0 Å². The lowest BCUT2D eigenvalue weighted by Gasteiger charge is -2.55. The average molecular weight is 413 g/mol. The predicted molar refractivity (Wildman–Crippen MR) is 128 cm³/mol. The van der Waals surface area contributed by atoms with Crippen LogP contribution in [0.15, 0.2) is 23.3 Å². The Labute approximate surface area is 186 Å². The van der Waals surface area contributed by atoms with Gasteiger partial charge in [-0.05, 0) is 124 Å². The van der Waals surface area contributed by atoms with Crippen molar-refractivity contribution in [1.29, 1.82) is 0 Å². The highest BCUT2D eigenvalue weighted by Gasteiger charge is 2.55. The topological polar surface area (TPSA) is 20.2 Å². The summed E-state index contributed by atoms with van der Waals surface area (Å²) in [5, 5.41) is 10.3. The minimum absolute atomic E-state index is 0.0399. The van der Waals surface area contributed by atoms with Gasteiger partial charge in [-0.25, -0.2) is 0 Å². The summed E-state index contributed by atoms with van der Waals surface area (Å²) < 4.78 is 0. The van der Waals surface area contributed by atoms with Gasteiger partial charge in [-0.3, -0.25) is 0 Å². The molecule has 2 fully saturated rings. The van der Waals surface area contributed by atoms with E-state index in [1.165, 1.54) is 69.8 Å². The van der Waals surface area contributed by atoms with Gasteiger partial charge < -0.3 is 5.11 Å². The molecule has 0 aromatic heterocycles. The van der Waals surface area contributed by atoms with E-state index in [0.717, 1.165) is 42.4 Å². The van der Waals surface area contributed by atoms with Crippen LogP contribution in [0, 0.1) is 40.4 Å². The van der Waals surface area contributed by atoms with E-state index in [2.05, 4.69) is 41.2 Å². The van der Waals surface area contributed by atoms with Gasteiger partial charge in [0.25, 0.3) is 0 Å². The van der Waals surface area contributed by atoms with Gasteiger partial charge in [0, 0.05) is 0 Å². The lowest BCUT2D eigenvalue weighted by atomic mass is 9.50. The molecular formula is C29H48O. The number of allylic oxidation sites excluding steroid dienone is 3. The number of rotatable bonds is 6. The summed E-state index contributed by atoms with van der Waals surface area (Å²) in [6.07, 6.45) is 15.5. The van der Waals surface area contributed by atoms with Gasteiger partial charge in [0.1, 0.15) is 0 Å². The van der Waals surface area contributed by atoms with E-state index < -0.39 is 0 Å². The summed E-state index contributed by atoms with van der Waals surface area (Å²) in [7, 11) is 0. The van der Waals surface area contributed by atoms with Gasteiger partial charge in [-0.15, -0.1) is 0 Å². The second-order valence-corrected chi connectivity index (χ2v) is 12.3. The van der Waals surface area contributed by atoms with Crippen LogP contribution in [0.1, 0.15) is 112 Å². The second-order valence-electron chi connectivity index (χ2n) is 12.3. The van der Waals surface area contributed by atoms with Gasteiger partial charge in [-0.2, -0.15) is 0 Å². The van der Waals surface area contributed by atoms with Crippen molar-refractivity contribution in [3.8, 4) is 0 Å². The molecule has 170 valence electrons. The Morgan fingerprint density at radius 1 is 1.10 bits per heavy atom. The molecule has 0 spiro atoms. The Balaban J connectivity index is 1.51. The number of fused-ring (bicyclic) bond motifs is 4. The summed E-state index contributed by atoms with van der Waals surface area (Å²) in [5.74, 6) is 4.04. The number of aliphatic hydroxyl groups is 1. The van der Waals surface area contributed by atoms with Crippen LogP contribution in [0.4, 0.5) is 0 Å². The molecule has 0 aromatic carbocycles. The van der Waals surface area contributed by atoms with Crippen molar-refractivity contribution in [1.82, 2.24) is 0 Å². The van der Waals surface area contributed by atoms with Crippen molar-refractivity contribution in [3.63, 3.8) is 0 Å². The molecule has 8 atom stereocenters. The SMILES string of the molecule is C=C(C)[C@H](CC)CC[C@@H](C)[C@H]1CC[C@H]2C3=C(CC[C@]12C)[C@@]1(C)CCC(O)CC1CC3. The third kappa shape index (κ3) is 3.66. The van der Waals surface area contributed by atoms with Crippen LogP contribution < -0.4 is 0 Å². The van der Waals surface area contributed by atoms with E-state index >= 15 is 0 Å². The largest absolute Gasteiger partial charge is 0.393 e. The van der Waals surface area contributed by atoms with Crippen LogP contribution in [-0.2, 0) is 0 Å². The van der Waals surface area contributed by atoms with Crippen molar-refractivity contribution < 1.29 is 5.11 Å². The maximum atomic E-state index is 10.3. The van der Waals surface area contributed by atoms with Gasteiger partial charge in [0.15, 0.2) is 0 Å². The van der Waals surface area contributed by atoms with Gasteiger partial charge in [0.2, 0.25) is 0 Å². The lowest BCUT2D eigenvalue weighted by Crippen LogP contribution is -2.45. The number of hydrogen-bond donors (Lipinski definition) is 1. The standard InChI is InChI=1S/C29H48O/c1-7-21(19(2)3)9-8-20(4)25-12-13-26-24-11-10-22-18-23(30)14-16-28(22,5)27(24)15-17-29(25,26)6/h20-23,25-26,30H,2,7-18H2,1,3-6H3/t20-,21-,22?,23?,25-,26+,28+,29-/m1/s1.